The van der Waals surface area contributed by atoms with Crippen LogP contribution in [0.25, 0.3) is 10.6 Å². The van der Waals surface area contributed by atoms with Crippen molar-refractivity contribution in [3.8, 4) is 22.1 Å². The maximum absolute atomic E-state index is 13.8. The molecular weight excluding hydrogens is 379 g/mol. The first kappa shape index (κ1) is 18.4. The average Bonchev–Trinajstić information content (AvgIpc) is 3.38. The monoisotopic (exact) mass is 398 g/mol. The third-order valence-electron chi connectivity index (χ3n) is 4.40. The van der Waals surface area contributed by atoms with E-state index in [9.17, 15) is 9.18 Å². The van der Waals surface area contributed by atoms with Gasteiger partial charge in [0.1, 0.15) is 23.1 Å². The summed E-state index contributed by atoms with van der Waals surface area (Å²) in [6.45, 7) is 0.102. The molecule has 0 atom stereocenters. The van der Waals surface area contributed by atoms with Crippen LogP contribution in [0.3, 0.4) is 0 Å². The molecular formula is C21H19FN2O3S. The number of rotatable bonds is 7. The summed E-state index contributed by atoms with van der Waals surface area (Å²) in [6, 6.07) is 12.2. The zero-order valence-corrected chi connectivity index (χ0v) is 16.1. The molecule has 1 aliphatic carbocycles. The number of nitrogens with zero attached hydrogens (tertiary/aromatic N) is 1. The smallest absolute Gasteiger partial charge is 0.270 e. The van der Waals surface area contributed by atoms with Crippen molar-refractivity contribution in [2.45, 2.75) is 25.5 Å². The summed E-state index contributed by atoms with van der Waals surface area (Å²) in [6.07, 6.45) is 2.07. The van der Waals surface area contributed by atoms with Crippen LogP contribution >= 0.6 is 11.3 Å². The summed E-state index contributed by atoms with van der Waals surface area (Å²) in [7, 11) is 1.55. The Balaban J connectivity index is 1.49. The van der Waals surface area contributed by atoms with Gasteiger partial charge in [0.2, 0.25) is 0 Å². The maximum atomic E-state index is 13.8. The number of hydrogen-bond acceptors (Lipinski definition) is 5. The number of carbonyl (C=O) groups excluding carboxylic acids is 1. The van der Waals surface area contributed by atoms with Crippen molar-refractivity contribution < 1.29 is 18.7 Å². The highest BCUT2D eigenvalue weighted by molar-refractivity contribution is 7.13. The summed E-state index contributed by atoms with van der Waals surface area (Å²) in [5.41, 5.74) is 1.72. The summed E-state index contributed by atoms with van der Waals surface area (Å²) in [5, 5.41) is 5.41. The first-order chi connectivity index (χ1) is 13.6. The van der Waals surface area contributed by atoms with E-state index >= 15 is 0 Å². The second-order valence-corrected chi connectivity index (χ2v) is 7.39. The van der Waals surface area contributed by atoms with Gasteiger partial charge in [-0.05, 0) is 37.1 Å². The molecule has 144 valence electrons. The van der Waals surface area contributed by atoms with E-state index in [0.29, 0.717) is 28.8 Å². The molecule has 0 aliphatic heterocycles. The van der Waals surface area contributed by atoms with Crippen LogP contribution < -0.4 is 14.8 Å². The molecule has 3 aromatic rings. The van der Waals surface area contributed by atoms with Gasteiger partial charge in [-0.15, -0.1) is 11.3 Å². The minimum Gasteiger partial charge on any atom is -0.493 e. The first-order valence-corrected chi connectivity index (χ1v) is 9.83. The fourth-order valence-electron chi connectivity index (χ4n) is 2.69. The average molecular weight is 398 g/mol. The SMILES string of the molecule is COc1cc(-c2nc(C(=O)NC3CC3)cs2)ccc1OCc1ccccc1F. The van der Waals surface area contributed by atoms with Crippen molar-refractivity contribution in [3.05, 3.63) is 64.9 Å². The Morgan fingerprint density at radius 3 is 2.82 bits per heavy atom. The third-order valence-corrected chi connectivity index (χ3v) is 5.29. The second kappa shape index (κ2) is 7.98. The first-order valence-electron chi connectivity index (χ1n) is 8.95. The molecule has 0 unspecified atom stereocenters. The van der Waals surface area contributed by atoms with Crippen LogP contribution in [-0.4, -0.2) is 24.0 Å². The molecule has 7 heteroatoms. The standard InChI is InChI=1S/C21H19FN2O3S/c1-26-19-10-13(21-24-17(12-28-21)20(25)23-15-7-8-15)6-9-18(19)27-11-14-4-2-3-5-16(14)22/h2-6,9-10,12,15H,7-8,11H2,1H3,(H,23,25). The van der Waals surface area contributed by atoms with Crippen molar-refractivity contribution in [3.63, 3.8) is 0 Å². The Labute approximate surface area is 166 Å². The lowest BCUT2D eigenvalue weighted by atomic mass is 10.2. The van der Waals surface area contributed by atoms with Crippen molar-refractivity contribution in [2.24, 2.45) is 0 Å². The Morgan fingerprint density at radius 2 is 2.07 bits per heavy atom. The van der Waals surface area contributed by atoms with Crippen LogP contribution in [0.2, 0.25) is 0 Å². The minimum absolute atomic E-state index is 0.102. The lowest BCUT2D eigenvalue weighted by Crippen LogP contribution is -2.25. The Kier molecular flexibility index (Phi) is 5.25. The van der Waals surface area contributed by atoms with E-state index in [1.807, 2.05) is 6.07 Å². The molecule has 0 saturated heterocycles. The van der Waals surface area contributed by atoms with E-state index in [4.69, 9.17) is 9.47 Å². The molecule has 0 bridgehead atoms. The molecule has 5 nitrogen and oxygen atoms in total. The predicted molar refractivity (Wildman–Crippen MR) is 105 cm³/mol. The number of thiazole rings is 1. The fourth-order valence-corrected chi connectivity index (χ4v) is 3.49. The quantitative estimate of drug-likeness (QED) is 0.640. The van der Waals surface area contributed by atoms with Crippen LogP contribution in [0, 0.1) is 5.82 Å². The van der Waals surface area contributed by atoms with Crippen molar-refractivity contribution in [1.29, 1.82) is 0 Å². The number of nitrogens with one attached hydrogen (secondary N) is 1. The van der Waals surface area contributed by atoms with Crippen LogP contribution in [0.1, 0.15) is 28.9 Å². The summed E-state index contributed by atoms with van der Waals surface area (Å²) < 4.78 is 24.9. The molecule has 2 aromatic carbocycles. The van der Waals surface area contributed by atoms with Crippen LogP contribution in [-0.2, 0) is 6.61 Å². The number of halogens is 1. The van der Waals surface area contributed by atoms with Gasteiger partial charge in [-0.1, -0.05) is 18.2 Å². The van der Waals surface area contributed by atoms with Crippen LogP contribution in [0.5, 0.6) is 11.5 Å². The summed E-state index contributed by atoms with van der Waals surface area (Å²) >= 11 is 1.40. The third kappa shape index (κ3) is 4.14. The summed E-state index contributed by atoms with van der Waals surface area (Å²) in [4.78, 5) is 16.6. The van der Waals surface area contributed by atoms with Gasteiger partial charge in [-0.2, -0.15) is 0 Å². The summed E-state index contributed by atoms with van der Waals surface area (Å²) in [5.74, 6) is 0.588. The van der Waals surface area contributed by atoms with Crippen LogP contribution in [0.15, 0.2) is 47.8 Å². The van der Waals surface area contributed by atoms with Gasteiger partial charge in [0.15, 0.2) is 11.5 Å². The molecule has 1 heterocycles. The highest BCUT2D eigenvalue weighted by Crippen LogP contribution is 2.34. The lowest BCUT2D eigenvalue weighted by molar-refractivity contribution is 0.0947. The van der Waals surface area contributed by atoms with E-state index in [1.54, 1.807) is 42.8 Å². The molecule has 1 N–H and O–H groups in total. The largest absolute Gasteiger partial charge is 0.493 e. The number of ether oxygens (including phenoxy) is 2. The molecule has 4 rings (SSSR count). The van der Waals surface area contributed by atoms with Gasteiger partial charge in [0.05, 0.1) is 7.11 Å². The number of carbonyl (C=O) groups is 1. The number of benzene rings is 2. The minimum atomic E-state index is -0.308. The fraction of sp³-hybridized carbons (Fsp3) is 0.238. The van der Waals surface area contributed by atoms with Gasteiger partial charge in [-0.3, -0.25) is 4.79 Å². The lowest BCUT2D eigenvalue weighted by Gasteiger charge is -2.12. The Bertz CT molecular complexity index is 1000. The van der Waals surface area contributed by atoms with Crippen molar-refractivity contribution >= 4 is 17.2 Å². The van der Waals surface area contributed by atoms with E-state index in [1.165, 1.54) is 17.4 Å². The van der Waals surface area contributed by atoms with Gasteiger partial charge in [0.25, 0.3) is 5.91 Å². The van der Waals surface area contributed by atoms with Gasteiger partial charge in [-0.25, -0.2) is 9.37 Å². The normalized spacial score (nSPS) is 13.2. The topological polar surface area (TPSA) is 60.5 Å². The maximum Gasteiger partial charge on any atom is 0.270 e. The highest BCUT2D eigenvalue weighted by atomic mass is 32.1. The highest BCUT2D eigenvalue weighted by Gasteiger charge is 2.25. The molecule has 0 spiro atoms. The predicted octanol–water partition coefficient (Wildman–Crippen LogP) is 4.43. The zero-order chi connectivity index (χ0) is 19.5. The number of amides is 1. The van der Waals surface area contributed by atoms with Crippen molar-refractivity contribution in [1.82, 2.24) is 10.3 Å². The molecule has 1 fully saturated rings. The second-order valence-electron chi connectivity index (χ2n) is 6.53. The number of hydrogen-bond donors (Lipinski definition) is 1. The van der Waals surface area contributed by atoms with Crippen molar-refractivity contribution in [2.75, 3.05) is 7.11 Å². The van der Waals surface area contributed by atoms with Gasteiger partial charge < -0.3 is 14.8 Å². The van der Waals surface area contributed by atoms with E-state index in [-0.39, 0.29) is 18.3 Å². The molecule has 28 heavy (non-hydrogen) atoms. The van der Waals surface area contributed by atoms with E-state index in [0.717, 1.165) is 23.4 Å². The zero-order valence-electron chi connectivity index (χ0n) is 15.3. The Morgan fingerprint density at radius 1 is 1.25 bits per heavy atom. The molecule has 0 radical (unpaired) electrons. The Hall–Kier alpha value is -2.93. The van der Waals surface area contributed by atoms with Crippen LogP contribution in [0.4, 0.5) is 4.39 Å². The molecule has 1 saturated carbocycles. The van der Waals surface area contributed by atoms with E-state index < -0.39 is 0 Å². The molecule has 1 aromatic heterocycles. The molecule has 1 aliphatic rings. The number of aromatic nitrogens is 1. The van der Waals surface area contributed by atoms with Gasteiger partial charge in [0, 0.05) is 22.5 Å². The number of methoxy groups -OCH3 is 1. The van der Waals surface area contributed by atoms with Gasteiger partial charge >= 0.3 is 0 Å². The molecule has 1 amide bonds. The van der Waals surface area contributed by atoms with E-state index in [2.05, 4.69) is 10.3 Å².